The molecule has 3 N–H and O–H groups in total. The largest absolute Gasteiger partial charge is 0.504 e. The molecular weight excluding hydrogens is 238 g/mol. The summed E-state index contributed by atoms with van der Waals surface area (Å²) in [6, 6.07) is 3.17. The van der Waals surface area contributed by atoms with Crippen LogP contribution in [0.3, 0.4) is 0 Å². The Kier molecular flexibility index (Phi) is 3.10. The Labute approximate surface area is 103 Å². The molecule has 18 heavy (non-hydrogen) atoms. The van der Waals surface area contributed by atoms with Crippen molar-refractivity contribution < 1.29 is 24.9 Å². The molecule has 1 fully saturated rings. The number of phenols is 2. The smallest absolute Gasteiger partial charge is 0.326 e. The molecule has 6 nitrogen and oxygen atoms in total. The Morgan fingerprint density at radius 1 is 1.28 bits per heavy atom. The zero-order valence-electron chi connectivity index (χ0n) is 9.54. The van der Waals surface area contributed by atoms with Gasteiger partial charge in [-0.1, -0.05) is 6.07 Å². The van der Waals surface area contributed by atoms with E-state index in [9.17, 15) is 19.8 Å². The van der Waals surface area contributed by atoms with Crippen LogP contribution in [-0.2, 0) is 4.79 Å². The maximum atomic E-state index is 12.1. The molecular formula is C12H13NO5. The van der Waals surface area contributed by atoms with E-state index in [0.29, 0.717) is 19.4 Å². The van der Waals surface area contributed by atoms with Crippen LogP contribution in [0, 0.1) is 0 Å². The molecule has 0 bridgehead atoms. The summed E-state index contributed by atoms with van der Waals surface area (Å²) in [6.45, 7) is 0.338. The molecule has 1 aromatic carbocycles. The summed E-state index contributed by atoms with van der Waals surface area (Å²) < 4.78 is 0. The fourth-order valence-corrected chi connectivity index (χ4v) is 2.13. The van der Waals surface area contributed by atoms with E-state index in [1.54, 1.807) is 0 Å². The van der Waals surface area contributed by atoms with Crippen LogP contribution < -0.4 is 0 Å². The quantitative estimate of drug-likeness (QED) is 0.675. The topological polar surface area (TPSA) is 98.1 Å². The summed E-state index contributed by atoms with van der Waals surface area (Å²) in [5.41, 5.74) is -0.0804. The van der Waals surface area contributed by atoms with Gasteiger partial charge in [-0.25, -0.2) is 4.79 Å². The van der Waals surface area contributed by atoms with E-state index in [-0.39, 0.29) is 5.56 Å². The van der Waals surface area contributed by atoms with Crippen LogP contribution in [0.25, 0.3) is 0 Å². The normalized spacial score (nSPS) is 18.9. The van der Waals surface area contributed by atoms with Gasteiger partial charge in [-0.3, -0.25) is 4.79 Å². The lowest BCUT2D eigenvalue weighted by Gasteiger charge is -2.21. The molecule has 0 radical (unpaired) electrons. The molecule has 0 aromatic heterocycles. The molecule has 1 saturated heterocycles. The minimum atomic E-state index is -1.06. The molecule has 1 atom stereocenters. The summed E-state index contributed by atoms with van der Waals surface area (Å²) in [7, 11) is 0. The molecule has 1 heterocycles. The maximum absolute atomic E-state index is 12.1. The first-order valence-corrected chi connectivity index (χ1v) is 5.57. The van der Waals surface area contributed by atoms with E-state index in [1.165, 1.54) is 23.1 Å². The van der Waals surface area contributed by atoms with E-state index < -0.39 is 29.4 Å². The fraction of sp³-hybridized carbons (Fsp3) is 0.333. The first kappa shape index (κ1) is 12.2. The zero-order chi connectivity index (χ0) is 13.3. The van der Waals surface area contributed by atoms with Gasteiger partial charge in [0.25, 0.3) is 5.91 Å². The number of benzene rings is 1. The summed E-state index contributed by atoms with van der Waals surface area (Å²) in [4.78, 5) is 24.3. The monoisotopic (exact) mass is 251 g/mol. The number of carbonyl (C=O) groups excluding carboxylic acids is 1. The van der Waals surface area contributed by atoms with Gasteiger partial charge in [0.2, 0.25) is 0 Å². The highest BCUT2D eigenvalue weighted by atomic mass is 16.4. The SMILES string of the molecule is O=C(O)[C@@H]1CCCN1C(=O)c1cccc(O)c1O. The van der Waals surface area contributed by atoms with E-state index >= 15 is 0 Å². The minimum Gasteiger partial charge on any atom is -0.504 e. The summed E-state index contributed by atoms with van der Waals surface area (Å²) in [5.74, 6) is -2.54. The van der Waals surface area contributed by atoms with Crippen molar-refractivity contribution in [1.29, 1.82) is 0 Å². The van der Waals surface area contributed by atoms with Crippen molar-refractivity contribution in [3.63, 3.8) is 0 Å². The number of carboxylic acids is 1. The molecule has 1 amide bonds. The third-order valence-corrected chi connectivity index (χ3v) is 3.04. The second kappa shape index (κ2) is 4.56. The van der Waals surface area contributed by atoms with Gasteiger partial charge in [0.1, 0.15) is 6.04 Å². The average molecular weight is 251 g/mol. The number of aromatic hydroxyl groups is 2. The van der Waals surface area contributed by atoms with Crippen molar-refractivity contribution in [2.45, 2.75) is 18.9 Å². The molecule has 96 valence electrons. The van der Waals surface area contributed by atoms with Gasteiger partial charge < -0.3 is 20.2 Å². The predicted octanol–water partition coefficient (Wildman–Crippen LogP) is 0.787. The summed E-state index contributed by atoms with van der Waals surface area (Å²) in [5, 5.41) is 27.9. The molecule has 0 unspecified atom stereocenters. The Balaban J connectivity index is 2.31. The molecule has 0 spiro atoms. The van der Waals surface area contributed by atoms with Crippen molar-refractivity contribution in [3.05, 3.63) is 23.8 Å². The third kappa shape index (κ3) is 1.97. The molecule has 1 aliphatic heterocycles. The number of para-hydroxylation sites is 1. The first-order valence-electron chi connectivity index (χ1n) is 5.57. The number of hydrogen-bond donors (Lipinski definition) is 3. The number of carbonyl (C=O) groups is 2. The molecule has 0 aliphatic carbocycles. The van der Waals surface area contributed by atoms with Gasteiger partial charge in [0.15, 0.2) is 11.5 Å². The Hall–Kier alpha value is -2.24. The highest BCUT2D eigenvalue weighted by molar-refractivity contribution is 5.99. The van der Waals surface area contributed by atoms with Crippen LogP contribution in [0.2, 0.25) is 0 Å². The van der Waals surface area contributed by atoms with Crippen LogP contribution in [0.5, 0.6) is 11.5 Å². The molecule has 0 saturated carbocycles. The number of carboxylic acid groups (broad SMARTS) is 1. The van der Waals surface area contributed by atoms with Crippen LogP contribution >= 0.6 is 0 Å². The van der Waals surface area contributed by atoms with Gasteiger partial charge in [-0.2, -0.15) is 0 Å². The van der Waals surface area contributed by atoms with Crippen molar-refractivity contribution in [3.8, 4) is 11.5 Å². The number of amides is 1. The van der Waals surface area contributed by atoms with Crippen molar-refractivity contribution in [1.82, 2.24) is 4.90 Å². The van der Waals surface area contributed by atoms with E-state index in [4.69, 9.17) is 5.11 Å². The van der Waals surface area contributed by atoms with Crippen molar-refractivity contribution in [2.24, 2.45) is 0 Å². The van der Waals surface area contributed by atoms with Crippen molar-refractivity contribution in [2.75, 3.05) is 6.54 Å². The fourth-order valence-electron chi connectivity index (χ4n) is 2.13. The van der Waals surface area contributed by atoms with Crippen LogP contribution in [0.4, 0.5) is 0 Å². The van der Waals surface area contributed by atoms with E-state index in [0.717, 1.165) is 0 Å². The van der Waals surface area contributed by atoms with Gasteiger partial charge >= 0.3 is 5.97 Å². The molecule has 1 aliphatic rings. The van der Waals surface area contributed by atoms with Crippen LogP contribution in [0.15, 0.2) is 18.2 Å². The van der Waals surface area contributed by atoms with Gasteiger partial charge in [-0.15, -0.1) is 0 Å². The number of likely N-dealkylation sites (tertiary alicyclic amines) is 1. The second-order valence-corrected chi connectivity index (χ2v) is 4.17. The molecule has 1 aromatic rings. The third-order valence-electron chi connectivity index (χ3n) is 3.04. The maximum Gasteiger partial charge on any atom is 0.326 e. The number of aliphatic carboxylic acids is 1. The number of phenolic OH excluding ortho intramolecular Hbond substituents is 2. The lowest BCUT2D eigenvalue weighted by molar-refractivity contribution is -0.141. The molecule has 6 heteroatoms. The minimum absolute atomic E-state index is 0.0804. The predicted molar refractivity (Wildman–Crippen MR) is 61.5 cm³/mol. The highest BCUT2D eigenvalue weighted by Gasteiger charge is 2.35. The summed E-state index contributed by atoms with van der Waals surface area (Å²) >= 11 is 0. The summed E-state index contributed by atoms with van der Waals surface area (Å²) in [6.07, 6.45) is 1.02. The average Bonchev–Trinajstić information content (AvgIpc) is 2.81. The number of rotatable bonds is 2. The second-order valence-electron chi connectivity index (χ2n) is 4.17. The van der Waals surface area contributed by atoms with Crippen molar-refractivity contribution >= 4 is 11.9 Å². The van der Waals surface area contributed by atoms with E-state index in [1.807, 2.05) is 0 Å². The number of nitrogens with zero attached hydrogens (tertiary/aromatic N) is 1. The Morgan fingerprint density at radius 3 is 2.67 bits per heavy atom. The highest BCUT2D eigenvalue weighted by Crippen LogP contribution is 2.31. The van der Waals surface area contributed by atoms with E-state index in [2.05, 4.69) is 0 Å². The van der Waals surface area contributed by atoms with Crippen LogP contribution in [-0.4, -0.2) is 44.7 Å². The number of hydrogen-bond acceptors (Lipinski definition) is 4. The van der Waals surface area contributed by atoms with Gasteiger partial charge in [-0.05, 0) is 25.0 Å². The first-order chi connectivity index (χ1) is 8.52. The standard InChI is InChI=1S/C12H13NO5/c14-9-5-1-3-7(10(9)15)11(16)13-6-2-4-8(13)12(17)18/h1,3,5,8,14-15H,2,4,6H2,(H,17,18)/t8-/m0/s1. The zero-order valence-corrected chi connectivity index (χ0v) is 9.54. The molecule has 2 rings (SSSR count). The van der Waals surface area contributed by atoms with Gasteiger partial charge in [0, 0.05) is 6.54 Å². The Morgan fingerprint density at radius 2 is 2.00 bits per heavy atom. The van der Waals surface area contributed by atoms with Gasteiger partial charge in [0.05, 0.1) is 5.56 Å². The van der Waals surface area contributed by atoms with Crippen LogP contribution in [0.1, 0.15) is 23.2 Å². The lowest BCUT2D eigenvalue weighted by Crippen LogP contribution is -2.40. The lowest BCUT2D eigenvalue weighted by atomic mass is 10.1. The Bertz CT molecular complexity index is 499.